The smallest absolute Gasteiger partial charge is 0.215 e. The largest absolute Gasteiger partial charge is 0.375 e. The van der Waals surface area contributed by atoms with Crippen LogP contribution in [-0.4, -0.2) is 78.9 Å². The highest BCUT2D eigenvalue weighted by molar-refractivity contribution is 7.92. The molecule has 2 atom stereocenters. The summed E-state index contributed by atoms with van der Waals surface area (Å²) >= 11 is 0. The lowest BCUT2D eigenvalue weighted by atomic mass is 10.5. The fourth-order valence-electron chi connectivity index (χ4n) is 1.54. The molecule has 2 fully saturated rings. The minimum Gasteiger partial charge on any atom is -0.375 e. The zero-order valence-corrected chi connectivity index (χ0v) is 13.0. The van der Waals surface area contributed by atoms with Crippen molar-refractivity contribution in [3.63, 3.8) is 0 Å². The van der Waals surface area contributed by atoms with Gasteiger partial charge in [0.25, 0.3) is 0 Å². The summed E-state index contributed by atoms with van der Waals surface area (Å²) in [5, 5.41) is 0. The van der Waals surface area contributed by atoms with Gasteiger partial charge in [-0.3, -0.25) is 0 Å². The molecule has 0 aromatic rings. The average molecular weight is 330 g/mol. The molecule has 0 radical (unpaired) electrons. The first-order chi connectivity index (χ1) is 9.12. The molecule has 0 N–H and O–H groups in total. The Bertz CT molecular complexity index is 504. The second kappa shape index (κ2) is 5.18. The Morgan fingerprint density at radius 1 is 0.850 bits per heavy atom. The van der Waals surface area contributed by atoms with Crippen LogP contribution in [0.1, 0.15) is 0 Å². The number of hydrogen-bond acceptors (Lipinski definition) is 8. The SMILES string of the molecule is CS(=O)(=O)C1(COCCOCC2(S(C)(=O)=O)CO2)CO1. The first-order valence-corrected chi connectivity index (χ1v) is 9.73. The van der Waals surface area contributed by atoms with E-state index < -0.39 is 29.5 Å². The Balaban J connectivity index is 1.62. The molecular formula is C10H18O8S2. The van der Waals surface area contributed by atoms with Gasteiger partial charge in [-0.25, -0.2) is 16.8 Å². The molecule has 0 spiro atoms. The fourth-order valence-corrected chi connectivity index (χ4v) is 3.11. The van der Waals surface area contributed by atoms with Gasteiger partial charge in [0, 0.05) is 12.5 Å². The number of rotatable bonds is 9. The Labute approximate surface area is 118 Å². The molecule has 2 aliphatic heterocycles. The molecule has 2 rings (SSSR count). The van der Waals surface area contributed by atoms with Crippen molar-refractivity contribution < 1.29 is 35.8 Å². The van der Waals surface area contributed by atoms with Crippen LogP contribution in [-0.2, 0) is 38.6 Å². The van der Waals surface area contributed by atoms with Crippen molar-refractivity contribution in [2.24, 2.45) is 0 Å². The Hall–Kier alpha value is -0.260. The minimum absolute atomic E-state index is 0.0527. The maximum atomic E-state index is 11.4. The van der Waals surface area contributed by atoms with Gasteiger partial charge in [0.05, 0.1) is 39.6 Å². The third-order valence-electron chi connectivity index (χ3n) is 3.30. The highest BCUT2D eigenvalue weighted by Gasteiger charge is 2.55. The molecule has 2 saturated heterocycles. The lowest BCUT2D eigenvalue weighted by molar-refractivity contribution is 0.0282. The molecule has 2 aliphatic rings. The van der Waals surface area contributed by atoms with Gasteiger partial charge in [0.15, 0.2) is 19.7 Å². The van der Waals surface area contributed by atoms with Crippen LogP contribution in [0.15, 0.2) is 0 Å². The van der Waals surface area contributed by atoms with Crippen molar-refractivity contribution in [1.82, 2.24) is 0 Å². The minimum atomic E-state index is -3.30. The second-order valence-electron chi connectivity index (χ2n) is 5.05. The lowest BCUT2D eigenvalue weighted by Crippen LogP contribution is -2.31. The average Bonchev–Trinajstić information content (AvgIpc) is 3.14. The second-order valence-corrected chi connectivity index (χ2v) is 9.62. The lowest BCUT2D eigenvalue weighted by Gasteiger charge is -2.12. The molecule has 0 amide bonds. The van der Waals surface area contributed by atoms with Crippen LogP contribution in [0.3, 0.4) is 0 Å². The van der Waals surface area contributed by atoms with Crippen molar-refractivity contribution >= 4 is 19.7 Å². The summed E-state index contributed by atoms with van der Waals surface area (Å²) in [6, 6.07) is 0. The molecule has 118 valence electrons. The van der Waals surface area contributed by atoms with Crippen LogP contribution in [0.5, 0.6) is 0 Å². The standard InChI is InChI=1S/C10H18O8S2/c1-19(11,12)9(7-17-9)5-15-3-4-16-6-10(8-18-10)20(2,13)14/h3-8H2,1-2H3. The van der Waals surface area contributed by atoms with Crippen LogP contribution in [0.4, 0.5) is 0 Å². The van der Waals surface area contributed by atoms with E-state index in [0.29, 0.717) is 0 Å². The van der Waals surface area contributed by atoms with E-state index in [1.165, 1.54) is 0 Å². The van der Waals surface area contributed by atoms with E-state index in [1.807, 2.05) is 0 Å². The molecule has 0 saturated carbocycles. The first-order valence-electron chi connectivity index (χ1n) is 5.95. The number of hydrogen-bond donors (Lipinski definition) is 0. The summed E-state index contributed by atoms with van der Waals surface area (Å²) < 4.78 is 65.7. The van der Waals surface area contributed by atoms with Crippen LogP contribution in [0.25, 0.3) is 0 Å². The van der Waals surface area contributed by atoms with E-state index in [4.69, 9.17) is 18.9 Å². The monoisotopic (exact) mass is 330 g/mol. The van der Waals surface area contributed by atoms with Gasteiger partial charge in [-0.05, 0) is 0 Å². The normalized spacial score (nSPS) is 33.1. The summed E-state index contributed by atoms with van der Waals surface area (Å²) in [4.78, 5) is -2.42. The highest BCUT2D eigenvalue weighted by Crippen LogP contribution is 2.33. The van der Waals surface area contributed by atoms with E-state index >= 15 is 0 Å². The quantitative estimate of drug-likeness (QED) is 0.373. The predicted octanol–water partition coefficient (Wildman–Crippen LogP) is -1.44. The van der Waals surface area contributed by atoms with Gasteiger partial charge < -0.3 is 18.9 Å². The van der Waals surface area contributed by atoms with Crippen LogP contribution >= 0.6 is 0 Å². The summed E-state index contributed by atoms with van der Waals surface area (Å²) in [6.07, 6.45) is 2.19. The predicted molar refractivity (Wildman–Crippen MR) is 68.7 cm³/mol. The van der Waals surface area contributed by atoms with Crippen LogP contribution < -0.4 is 0 Å². The first kappa shape index (κ1) is 16.1. The Morgan fingerprint density at radius 3 is 1.35 bits per heavy atom. The highest BCUT2D eigenvalue weighted by atomic mass is 32.2. The van der Waals surface area contributed by atoms with Gasteiger partial charge in [-0.15, -0.1) is 0 Å². The van der Waals surface area contributed by atoms with Gasteiger partial charge >= 0.3 is 0 Å². The van der Waals surface area contributed by atoms with Crippen molar-refractivity contribution in [2.75, 3.05) is 52.2 Å². The summed E-state index contributed by atoms with van der Waals surface area (Å²) in [5.41, 5.74) is 0. The Morgan fingerprint density at radius 2 is 1.15 bits per heavy atom. The van der Waals surface area contributed by atoms with Gasteiger partial charge in [-0.1, -0.05) is 0 Å². The maximum absolute atomic E-state index is 11.4. The molecule has 0 aromatic carbocycles. The molecule has 20 heavy (non-hydrogen) atoms. The van der Waals surface area contributed by atoms with Crippen molar-refractivity contribution in [2.45, 2.75) is 9.87 Å². The van der Waals surface area contributed by atoms with Crippen LogP contribution in [0, 0.1) is 0 Å². The number of sulfone groups is 2. The summed E-state index contributed by atoms with van der Waals surface area (Å²) in [7, 11) is -6.61. The summed E-state index contributed by atoms with van der Waals surface area (Å²) in [5.74, 6) is 0. The van der Waals surface area contributed by atoms with E-state index in [1.54, 1.807) is 0 Å². The number of epoxide rings is 2. The van der Waals surface area contributed by atoms with E-state index in [9.17, 15) is 16.8 Å². The Kier molecular flexibility index (Phi) is 4.17. The van der Waals surface area contributed by atoms with Gasteiger partial charge in [0.1, 0.15) is 0 Å². The molecule has 10 heteroatoms. The zero-order valence-electron chi connectivity index (χ0n) is 11.3. The van der Waals surface area contributed by atoms with Gasteiger partial charge in [-0.2, -0.15) is 0 Å². The molecule has 2 unspecified atom stereocenters. The zero-order chi connectivity index (χ0) is 15.1. The topological polar surface area (TPSA) is 112 Å². The van der Waals surface area contributed by atoms with E-state index in [-0.39, 0.29) is 39.6 Å². The molecule has 8 nitrogen and oxygen atoms in total. The maximum Gasteiger partial charge on any atom is 0.215 e. The fraction of sp³-hybridized carbons (Fsp3) is 1.00. The van der Waals surface area contributed by atoms with Crippen LogP contribution in [0.2, 0.25) is 0 Å². The van der Waals surface area contributed by atoms with E-state index in [2.05, 4.69) is 0 Å². The van der Waals surface area contributed by atoms with Crippen molar-refractivity contribution in [1.29, 1.82) is 0 Å². The third kappa shape index (κ3) is 3.31. The molecule has 0 aromatic heterocycles. The van der Waals surface area contributed by atoms with Gasteiger partial charge in [0.2, 0.25) is 9.87 Å². The molecule has 0 bridgehead atoms. The molecule has 0 aliphatic carbocycles. The van der Waals surface area contributed by atoms with Crippen molar-refractivity contribution in [3.8, 4) is 0 Å². The molecule has 2 heterocycles. The van der Waals surface area contributed by atoms with E-state index in [0.717, 1.165) is 12.5 Å². The summed E-state index contributed by atoms with van der Waals surface area (Å²) in [6.45, 7) is 0.474. The third-order valence-corrected chi connectivity index (χ3v) is 6.71. The number of ether oxygens (including phenoxy) is 4. The van der Waals surface area contributed by atoms with Crippen molar-refractivity contribution in [3.05, 3.63) is 0 Å². The molecular weight excluding hydrogens is 312 g/mol.